The van der Waals surface area contributed by atoms with Gasteiger partial charge in [0.25, 0.3) is 0 Å². The van der Waals surface area contributed by atoms with E-state index in [-0.39, 0.29) is 12.0 Å². The summed E-state index contributed by atoms with van der Waals surface area (Å²) < 4.78 is 13.1. The topological polar surface area (TPSA) is 28.9 Å². The monoisotopic (exact) mass is 746 g/mol. The van der Waals surface area contributed by atoms with Gasteiger partial charge in [-0.2, -0.15) is 0 Å². The van der Waals surface area contributed by atoms with Crippen molar-refractivity contribution in [2.24, 2.45) is 0 Å². The summed E-state index contributed by atoms with van der Waals surface area (Å²) in [5.41, 5.74) is 14.1. The number of benzene rings is 8. The molecule has 0 amide bonds. The van der Waals surface area contributed by atoms with Gasteiger partial charge in [0.05, 0.1) is 11.4 Å². The average Bonchev–Trinajstić information content (AvgIpc) is 3.88. The number of fused-ring (bicyclic) bond motifs is 6. The van der Waals surface area contributed by atoms with Crippen molar-refractivity contribution >= 4 is 50.4 Å². The molecule has 0 fully saturated rings. The van der Waals surface area contributed by atoms with Crippen LogP contribution in [-0.2, 0) is 0 Å². The van der Waals surface area contributed by atoms with Crippen molar-refractivity contribution < 1.29 is 9.15 Å². The molecule has 276 valence electrons. The van der Waals surface area contributed by atoms with Crippen LogP contribution in [0, 0.1) is 0 Å². The lowest BCUT2D eigenvalue weighted by molar-refractivity contribution is 0.253. The zero-order chi connectivity index (χ0) is 38.4. The van der Waals surface area contributed by atoms with Crippen molar-refractivity contribution in [3.63, 3.8) is 0 Å². The zero-order valence-electron chi connectivity index (χ0n) is 31.7. The van der Waals surface area contributed by atoms with Crippen LogP contribution in [0.3, 0.4) is 0 Å². The van der Waals surface area contributed by atoms with Crippen LogP contribution in [0.5, 0.6) is 5.75 Å². The van der Waals surface area contributed by atoms with Gasteiger partial charge in [-0.05, 0) is 101 Å². The quantitative estimate of drug-likeness (QED) is 0.155. The normalized spacial score (nSPS) is 15.4. The summed E-state index contributed by atoms with van der Waals surface area (Å²) in [6.07, 6.45) is 6.52. The molecule has 0 bridgehead atoms. The van der Waals surface area contributed by atoms with E-state index in [0.717, 1.165) is 84.1 Å². The molecule has 11 rings (SSSR count). The number of para-hydroxylation sites is 5. The predicted octanol–water partition coefficient (Wildman–Crippen LogP) is 14.5. The van der Waals surface area contributed by atoms with Gasteiger partial charge in [-0.25, -0.2) is 0 Å². The maximum Gasteiger partial charge on any atom is 0.159 e. The summed E-state index contributed by atoms with van der Waals surface area (Å²) in [5.74, 6) is 1.13. The van der Waals surface area contributed by atoms with Crippen LogP contribution >= 0.6 is 0 Å². The number of rotatable bonds is 8. The standard InChI is InChI=1S/C54H38N2O2/c1-3-16-41(17-4-1)55(49-24-12-22-47-45-20-7-9-26-51(45)57-53(47)49)43-32-28-37(29-33-43)39-14-11-15-40(36-39)38-30-34-44(35-31-38)56(42-18-5-2-6-19-42)50-25-13-23-48-46-21-8-10-27-52(46)58-54(48)50/h1-36,47,53H. The lowest BCUT2D eigenvalue weighted by atomic mass is 9.89. The van der Waals surface area contributed by atoms with E-state index in [1.807, 2.05) is 18.2 Å². The molecule has 0 spiro atoms. The van der Waals surface area contributed by atoms with Gasteiger partial charge in [-0.3, -0.25) is 0 Å². The van der Waals surface area contributed by atoms with Crippen LogP contribution in [0.1, 0.15) is 11.5 Å². The molecule has 2 atom stereocenters. The third-order valence-corrected chi connectivity index (χ3v) is 11.4. The van der Waals surface area contributed by atoms with Gasteiger partial charge in [0.15, 0.2) is 5.58 Å². The van der Waals surface area contributed by atoms with Crippen LogP contribution in [0.15, 0.2) is 229 Å². The van der Waals surface area contributed by atoms with E-state index in [9.17, 15) is 0 Å². The lowest BCUT2D eigenvalue weighted by Crippen LogP contribution is -2.32. The lowest BCUT2D eigenvalue weighted by Gasteiger charge is -2.34. The maximum atomic E-state index is 6.62. The molecule has 2 aliphatic rings. The largest absolute Gasteiger partial charge is 0.483 e. The number of ether oxygens (including phenoxy) is 1. The van der Waals surface area contributed by atoms with Crippen LogP contribution in [0.25, 0.3) is 44.2 Å². The Balaban J connectivity index is 0.905. The Bertz CT molecular complexity index is 2980. The molecule has 1 aromatic heterocycles. The van der Waals surface area contributed by atoms with Gasteiger partial charge < -0.3 is 19.0 Å². The zero-order valence-corrected chi connectivity index (χ0v) is 31.7. The summed E-state index contributed by atoms with van der Waals surface area (Å²) in [6, 6.07) is 70.7. The fourth-order valence-electron chi connectivity index (χ4n) is 8.68. The van der Waals surface area contributed by atoms with Crippen LogP contribution < -0.4 is 14.5 Å². The highest BCUT2D eigenvalue weighted by Gasteiger charge is 2.39. The third-order valence-electron chi connectivity index (χ3n) is 11.4. The second-order valence-corrected chi connectivity index (χ2v) is 14.8. The molecule has 9 aromatic rings. The van der Waals surface area contributed by atoms with Crippen LogP contribution in [-0.4, -0.2) is 6.10 Å². The first kappa shape index (κ1) is 33.8. The molecule has 0 saturated heterocycles. The highest BCUT2D eigenvalue weighted by atomic mass is 16.5. The first-order chi connectivity index (χ1) is 28.8. The fourth-order valence-corrected chi connectivity index (χ4v) is 8.68. The molecule has 8 aromatic carbocycles. The first-order valence-electron chi connectivity index (χ1n) is 19.8. The molecule has 0 N–H and O–H groups in total. The summed E-state index contributed by atoms with van der Waals surface area (Å²) >= 11 is 0. The van der Waals surface area contributed by atoms with E-state index in [4.69, 9.17) is 9.15 Å². The predicted molar refractivity (Wildman–Crippen MR) is 239 cm³/mol. The highest BCUT2D eigenvalue weighted by Crippen LogP contribution is 2.47. The van der Waals surface area contributed by atoms with Gasteiger partial charge in [0, 0.05) is 45.0 Å². The molecule has 0 saturated carbocycles. The summed E-state index contributed by atoms with van der Waals surface area (Å²) in [7, 11) is 0. The van der Waals surface area contributed by atoms with Gasteiger partial charge >= 0.3 is 0 Å². The number of hydrogen-bond acceptors (Lipinski definition) is 4. The summed E-state index contributed by atoms with van der Waals surface area (Å²) in [5, 5.41) is 2.22. The molecular formula is C54H38N2O2. The van der Waals surface area contributed by atoms with Crippen LogP contribution in [0.2, 0.25) is 0 Å². The second-order valence-electron chi connectivity index (χ2n) is 14.8. The number of hydrogen-bond donors (Lipinski definition) is 0. The van der Waals surface area contributed by atoms with Crippen LogP contribution in [0.4, 0.5) is 28.4 Å². The molecule has 2 heterocycles. The van der Waals surface area contributed by atoms with Crippen molar-refractivity contribution in [2.75, 3.05) is 9.80 Å². The molecule has 4 nitrogen and oxygen atoms in total. The minimum Gasteiger partial charge on any atom is -0.483 e. The van der Waals surface area contributed by atoms with Crippen molar-refractivity contribution in [2.45, 2.75) is 12.0 Å². The molecule has 0 radical (unpaired) electrons. The Morgan fingerprint density at radius 3 is 1.72 bits per heavy atom. The highest BCUT2D eigenvalue weighted by molar-refractivity contribution is 6.10. The summed E-state index contributed by atoms with van der Waals surface area (Å²) in [6.45, 7) is 0. The Labute approximate surface area is 337 Å². The van der Waals surface area contributed by atoms with E-state index in [1.165, 1.54) is 5.56 Å². The van der Waals surface area contributed by atoms with Gasteiger partial charge in [0.1, 0.15) is 17.4 Å². The average molecular weight is 747 g/mol. The smallest absolute Gasteiger partial charge is 0.159 e. The Kier molecular flexibility index (Phi) is 8.25. The second kappa shape index (κ2) is 14.2. The molecular weight excluding hydrogens is 709 g/mol. The minimum absolute atomic E-state index is 0.107. The Morgan fingerprint density at radius 1 is 0.431 bits per heavy atom. The van der Waals surface area contributed by atoms with E-state index in [1.54, 1.807) is 0 Å². The Hall–Kier alpha value is -7.56. The summed E-state index contributed by atoms with van der Waals surface area (Å²) in [4.78, 5) is 4.62. The molecule has 1 aliphatic heterocycles. The third kappa shape index (κ3) is 5.86. The van der Waals surface area contributed by atoms with Gasteiger partial charge in [-0.15, -0.1) is 0 Å². The molecule has 4 heteroatoms. The van der Waals surface area contributed by atoms with E-state index >= 15 is 0 Å². The van der Waals surface area contributed by atoms with Gasteiger partial charge in [-0.1, -0.05) is 140 Å². The van der Waals surface area contributed by atoms with E-state index < -0.39 is 0 Å². The number of furan rings is 1. The van der Waals surface area contributed by atoms with Crippen molar-refractivity contribution in [3.8, 4) is 28.0 Å². The van der Waals surface area contributed by atoms with Crippen molar-refractivity contribution in [3.05, 3.63) is 230 Å². The number of allylic oxidation sites excluding steroid dienone is 2. The van der Waals surface area contributed by atoms with Crippen molar-refractivity contribution in [1.29, 1.82) is 0 Å². The van der Waals surface area contributed by atoms with E-state index in [2.05, 4.69) is 210 Å². The number of anilines is 5. The van der Waals surface area contributed by atoms with E-state index in [0.29, 0.717) is 0 Å². The first-order valence-corrected chi connectivity index (χ1v) is 19.8. The number of nitrogens with zero attached hydrogens (tertiary/aromatic N) is 2. The fraction of sp³-hybridized carbons (Fsp3) is 0.0370. The SMILES string of the molecule is C1=CC2c3ccccc3OC2C(N(c2ccccc2)c2ccc(-c3cccc(-c4ccc(N(c5ccccc5)c5cccc6c5oc5ccccc56)cc4)c3)cc2)=C1. The van der Waals surface area contributed by atoms with Crippen molar-refractivity contribution in [1.82, 2.24) is 0 Å². The minimum atomic E-state index is -0.107. The Morgan fingerprint density at radius 2 is 1.00 bits per heavy atom. The molecule has 2 unspecified atom stereocenters. The molecule has 1 aliphatic carbocycles. The molecule has 58 heavy (non-hydrogen) atoms. The van der Waals surface area contributed by atoms with Gasteiger partial charge in [0.2, 0.25) is 0 Å². The maximum absolute atomic E-state index is 6.62.